The van der Waals surface area contributed by atoms with E-state index in [0.717, 1.165) is 16.8 Å². The number of hydrogen-bond acceptors (Lipinski definition) is 4. The minimum atomic E-state index is 0.533. The van der Waals surface area contributed by atoms with E-state index >= 15 is 0 Å². The minimum absolute atomic E-state index is 0.533. The van der Waals surface area contributed by atoms with Crippen LogP contribution in [0.3, 0.4) is 0 Å². The van der Waals surface area contributed by atoms with Crippen LogP contribution in [-0.4, -0.2) is 12.4 Å². The Bertz CT molecular complexity index is 695. The third-order valence-electron chi connectivity index (χ3n) is 2.85. The predicted molar refractivity (Wildman–Crippen MR) is 79.8 cm³/mol. The van der Waals surface area contributed by atoms with E-state index in [-0.39, 0.29) is 0 Å². The highest BCUT2D eigenvalue weighted by molar-refractivity contribution is 5.83. The fraction of sp³-hybridized carbons (Fsp3) is 0.188. The van der Waals surface area contributed by atoms with Crippen LogP contribution in [0.25, 0.3) is 0 Å². The molecule has 1 aromatic heterocycles. The summed E-state index contributed by atoms with van der Waals surface area (Å²) >= 11 is 0. The molecule has 2 aromatic rings. The summed E-state index contributed by atoms with van der Waals surface area (Å²) in [5, 5.41) is 8.35. The van der Waals surface area contributed by atoms with Gasteiger partial charge in [0.25, 0.3) is 0 Å². The molecule has 0 aliphatic heterocycles. The molecule has 0 radical (unpaired) electrons. The number of benzene rings is 1. The maximum Gasteiger partial charge on any atom is 0.205 e. The maximum absolute atomic E-state index is 8.35. The second-order valence-corrected chi connectivity index (χ2v) is 4.60. The lowest BCUT2D eigenvalue weighted by molar-refractivity contribution is 0.553. The first-order valence-corrected chi connectivity index (χ1v) is 6.24. The van der Waals surface area contributed by atoms with Gasteiger partial charge in [0.1, 0.15) is 11.5 Å². The van der Waals surface area contributed by atoms with E-state index in [1.165, 1.54) is 11.8 Å². The van der Waals surface area contributed by atoms with Gasteiger partial charge in [0, 0.05) is 0 Å². The van der Waals surface area contributed by atoms with Gasteiger partial charge in [-0.1, -0.05) is 17.7 Å². The Labute approximate surface area is 118 Å². The van der Waals surface area contributed by atoms with Crippen molar-refractivity contribution >= 4 is 18.1 Å². The van der Waals surface area contributed by atoms with Crippen LogP contribution in [0, 0.1) is 32.2 Å². The lowest BCUT2D eigenvalue weighted by Gasteiger charge is -2.05. The molecule has 0 amide bonds. The van der Waals surface area contributed by atoms with Gasteiger partial charge in [-0.05, 0) is 44.0 Å². The molecule has 0 aliphatic carbocycles. The molecule has 0 spiro atoms. The highest BCUT2D eigenvalue weighted by Gasteiger charge is 2.02. The van der Waals surface area contributed by atoms with Crippen molar-refractivity contribution in [3.8, 4) is 6.19 Å². The predicted octanol–water partition coefficient (Wildman–Crippen LogP) is 3.86. The molecule has 0 atom stereocenters. The van der Waals surface area contributed by atoms with Crippen molar-refractivity contribution in [1.29, 1.82) is 5.26 Å². The van der Waals surface area contributed by atoms with Gasteiger partial charge in [-0.25, -0.2) is 0 Å². The van der Waals surface area contributed by atoms with Crippen molar-refractivity contribution in [1.82, 2.24) is 0 Å². The summed E-state index contributed by atoms with van der Waals surface area (Å²) in [5.41, 5.74) is 4.46. The standard InChI is InChI=1S/C16H15N3O/c1-11-6-12(2)16(13(3)7-11)19-9-15-5-4-14(20-15)8-18-10-17/h4-9H,1-3H3. The molecule has 0 aliphatic rings. The first-order chi connectivity index (χ1) is 9.60. The Balaban J connectivity index is 2.24. The third kappa shape index (κ3) is 3.21. The second kappa shape index (κ2) is 5.98. The van der Waals surface area contributed by atoms with Gasteiger partial charge in [-0.2, -0.15) is 10.3 Å². The minimum Gasteiger partial charge on any atom is -0.454 e. The van der Waals surface area contributed by atoms with Crippen molar-refractivity contribution in [3.05, 3.63) is 52.5 Å². The van der Waals surface area contributed by atoms with Gasteiger partial charge in [0.2, 0.25) is 6.19 Å². The lowest BCUT2D eigenvalue weighted by atomic mass is 10.1. The van der Waals surface area contributed by atoms with Crippen LogP contribution in [0.5, 0.6) is 0 Å². The zero-order chi connectivity index (χ0) is 14.5. The molecule has 4 nitrogen and oxygen atoms in total. The smallest absolute Gasteiger partial charge is 0.205 e. The molecule has 2 rings (SSSR count). The molecule has 0 saturated heterocycles. The zero-order valence-corrected chi connectivity index (χ0v) is 11.7. The molecule has 0 unspecified atom stereocenters. The van der Waals surface area contributed by atoms with Crippen LogP contribution in [-0.2, 0) is 0 Å². The normalized spacial score (nSPS) is 11.3. The van der Waals surface area contributed by atoms with Crippen molar-refractivity contribution in [2.24, 2.45) is 9.98 Å². The van der Waals surface area contributed by atoms with E-state index in [0.29, 0.717) is 11.5 Å². The number of furan rings is 1. The Morgan fingerprint density at radius 1 is 1.05 bits per heavy atom. The summed E-state index contributed by atoms with van der Waals surface area (Å²) in [5.74, 6) is 1.16. The molecule has 0 N–H and O–H groups in total. The maximum atomic E-state index is 8.35. The fourth-order valence-corrected chi connectivity index (χ4v) is 2.10. The number of aryl methyl sites for hydroxylation is 3. The molecule has 1 aromatic carbocycles. The Hall–Kier alpha value is -2.67. The van der Waals surface area contributed by atoms with Crippen LogP contribution in [0.1, 0.15) is 28.2 Å². The summed E-state index contributed by atoms with van der Waals surface area (Å²) in [4.78, 5) is 7.94. The summed E-state index contributed by atoms with van der Waals surface area (Å²) < 4.78 is 5.46. The molecule has 0 saturated carbocycles. The first-order valence-electron chi connectivity index (χ1n) is 6.24. The first kappa shape index (κ1) is 13.8. The molecule has 0 fully saturated rings. The summed E-state index contributed by atoms with van der Waals surface area (Å²) in [6.45, 7) is 6.15. The molecule has 4 heteroatoms. The van der Waals surface area contributed by atoms with E-state index in [2.05, 4.69) is 29.0 Å². The van der Waals surface area contributed by atoms with Crippen LogP contribution in [0.4, 0.5) is 5.69 Å². The van der Waals surface area contributed by atoms with E-state index in [9.17, 15) is 0 Å². The van der Waals surface area contributed by atoms with E-state index < -0.39 is 0 Å². The summed E-state index contributed by atoms with van der Waals surface area (Å²) in [6, 6.07) is 7.75. The molecule has 100 valence electrons. The monoisotopic (exact) mass is 265 g/mol. The molecular formula is C16H15N3O. The number of nitrogens with zero attached hydrogens (tertiary/aromatic N) is 3. The lowest BCUT2D eigenvalue weighted by Crippen LogP contribution is -1.84. The van der Waals surface area contributed by atoms with Crippen molar-refractivity contribution < 1.29 is 4.42 Å². The van der Waals surface area contributed by atoms with Crippen LogP contribution in [0.15, 0.2) is 38.7 Å². The second-order valence-electron chi connectivity index (χ2n) is 4.60. The van der Waals surface area contributed by atoms with Gasteiger partial charge in [-0.3, -0.25) is 4.99 Å². The zero-order valence-electron chi connectivity index (χ0n) is 11.7. The Morgan fingerprint density at radius 2 is 1.65 bits per heavy atom. The number of rotatable bonds is 3. The average Bonchev–Trinajstić information content (AvgIpc) is 2.83. The van der Waals surface area contributed by atoms with Crippen molar-refractivity contribution in [2.75, 3.05) is 0 Å². The van der Waals surface area contributed by atoms with Gasteiger partial charge >= 0.3 is 0 Å². The van der Waals surface area contributed by atoms with Crippen molar-refractivity contribution in [3.63, 3.8) is 0 Å². The van der Waals surface area contributed by atoms with Crippen molar-refractivity contribution in [2.45, 2.75) is 20.8 Å². The van der Waals surface area contributed by atoms with Crippen LogP contribution < -0.4 is 0 Å². The topological polar surface area (TPSA) is 61.6 Å². The molecule has 20 heavy (non-hydrogen) atoms. The molecule has 0 bridgehead atoms. The SMILES string of the molecule is Cc1cc(C)c(N=Cc2ccc(C=NC#N)o2)c(C)c1. The van der Waals surface area contributed by atoms with Gasteiger partial charge < -0.3 is 4.42 Å². The number of nitriles is 1. The number of aliphatic imine (C=N–C) groups is 2. The van der Waals surface area contributed by atoms with E-state index in [1.807, 2.05) is 13.8 Å². The quantitative estimate of drug-likeness (QED) is 0.625. The average molecular weight is 265 g/mol. The van der Waals surface area contributed by atoms with E-state index in [4.69, 9.17) is 9.68 Å². The highest BCUT2D eigenvalue weighted by atomic mass is 16.3. The molecular weight excluding hydrogens is 250 g/mol. The highest BCUT2D eigenvalue weighted by Crippen LogP contribution is 2.24. The van der Waals surface area contributed by atoms with Gasteiger partial charge in [0.05, 0.1) is 18.1 Å². The van der Waals surface area contributed by atoms with Gasteiger partial charge in [-0.15, -0.1) is 0 Å². The fourth-order valence-electron chi connectivity index (χ4n) is 2.10. The van der Waals surface area contributed by atoms with Crippen LogP contribution in [0.2, 0.25) is 0 Å². The summed E-state index contributed by atoms with van der Waals surface area (Å²) in [6.07, 6.45) is 4.73. The Kier molecular flexibility index (Phi) is 4.11. The summed E-state index contributed by atoms with van der Waals surface area (Å²) in [7, 11) is 0. The van der Waals surface area contributed by atoms with Crippen LogP contribution >= 0.6 is 0 Å². The van der Waals surface area contributed by atoms with E-state index in [1.54, 1.807) is 24.5 Å². The molecule has 1 heterocycles. The van der Waals surface area contributed by atoms with Gasteiger partial charge in [0.15, 0.2) is 0 Å². The third-order valence-corrected chi connectivity index (χ3v) is 2.85. The largest absolute Gasteiger partial charge is 0.454 e. The number of hydrogen-bond donors (Lipinski definition) is 0. The Morgan fingerprint density at radius 3 is 2.25 bits per heavy atom.